The van der Waals surface area contributed by atoms with Crippen molar-refractivity contribution in [3.05, 3.63) is 75.3 Å². The highest BCUT2D eigenvalue weighted by molar-refractivity contribution is 6.30. The van der Waals surface area contributed by atoms with Crippen molar-refractivity contribution in [2.75, 3.05) is 0 Å². The SMILES string of the molecule is N#CCn1c(COC(=O)c2ccc(Cl)cc2)nc2ccccc2c1=O. The van der Waals surface area contributed by atoms with Crippen LogP contribution in [0.1, 0.15) is 16.2 Å². The molecule has 0 spiro atoms. The lowest BCUT2D eigenvalue weighted by Crippen LogP contribution is -2.26. The minimum atomic E-state index is -0.567. The predicted octanol–water partition coefficient (Wildman–Crippen LogP) is 2.93. The van der Waals surface area contributed by atoms with Crippen LogP contribution >= 0.6 is 11.6 Å². The van der Waals surface area contributed by atoms with Gasteiger partial charge in [-0.25, -0.2) is 9.78 Å². The van der Waals surface area contributed by atoms with Crippen LogP contribution in [0, 0.1) is 11.3 Å². The fourth-order valence-corrected chi connectivity index (χ4v) is 2.48. The summed E-state index contributed by atoms with van der Waals surface area (Å²) in [5.41, 5.74) is 0.475. The molecule has 0 unspecified atom stereocenters. The van der Waals surface area contributed by atoms with E-state index >= 15 is 0 Å². The van der Waals surface area contributed by atoms with E-state index in [0.29, 0.717) is 21.5 Å². The van der Waals surface area contributed by atoms with Crippen LogP contribution < -0.4 is 5.56 Å². The number of nitriles is 1. The number of esters is 1. The molecule has 0 bridgehead atoms. The third kappa shape index (κ3) is 3.52. The first-order valence-corrected chi connectivity index (χ1v) is 7.76. The van der Waals surface area contributed by atoms with Crippen LogP contribution in [0.4, 0.5) is 0 Å². The number of benzene rings is 2. The van der Waals surface area contributed by atoms with Crippen molar-refractivity contribution in [2.24, 2.45) is 0 Å². The molecule has 0 atom stereocenters. The predicted molar refractivity (Wildman–Crippen MR) is 92.2 cm³/mol. The number of rotatable bonds is 4. The zero-order valence-electron chi connectivity index (χ0n) is 13.0. The number of nitrogens with zero attached hydrogens (tertiary/aromatic N) is 3. The number of aromatic nitrogens is 2. The first-order valence-electron chi connectivity index (χ1n) is 7.38. The van der Waals surface area contributed by atoms with E-state index in [1.807, 2.05) is 6.07 Å². The number of halogens is 1. The average Bonchev–Trinajstić information content (AvgIpc) is 2.63. The molecule has 124 valence electrons. The third-order valence-electron chi connectivity index (χ3n) is 3.58. The Morgan fingerprint density at radius 1 is 1.20 bits per heavy atom. The van der Waals surface area contributed by atoms with Gasteiger partial charge in [0.25, 0.3) is 5.56 Å². The number of carbonyl (C=O) groups excluding carboxylic acids is 1. The third-order valence-corrected chi connectivity index (χ3v) is 3.83. The number of fused-ring (bicyclic) bond motifs is 1. The van der Waals surface area contributed by atoms with Gasteiger partial charge in [-0.15, -0.1) is 0 Å². The van der Waals surface area contributed by atoms with Gasteiger partial charge in [-0.3, -0.25) is 9.36 Å². The number of ether oxygens (including phenoxy) is 1. The van der Waals surface area contributed by atoms with Crippen LogP contribution in [0.25, 0.3) is 10.9 Å². The summed E-state index contributed by atoms with van der Waals surface area (Å²) in [5.74, 6) is -0.352. The Morgan fingerprint density at radius 2 is 1.92 bits per heavy atom. The molecule has 0 saturated heterocycles. The summed E-state index contributed by atoms with van der Waals surface area (Å²) in [5, 5.41) is 9.88. The molecule has 0 aliphatic rings. The van der Waals surface area contributed by atoms with Gasteiger partial charge in [-0.1, -0.05) is 23.7 Å². The molecule has 1 heterocycles. The van der Waals surface area contributed by atoms with Gasteiger partial charge >= 0.3 is 5.97 Å². The summed E-state index contributed by atoms with van der Waals surface area (Å²) in [4.78, 5) is 29.0. The monoisotopic (exact) mass is 353 g/mol. The molecule has 0 saturated carbocycles. The van der Waals surface area contributed by atoms with Crippen molar-refractivity contribution in [3.63, 3.8) is 0 Å². The van der Waals surface area contributed by atoms with E-state index in [1.165, 1.54) is 4.57 Å². The minimum Gasteiger partial charge on any atom is -0.454 e. The van der Waals surface area contributed by atoms with Gasteiger partial charge in [0.05, 0.1) is 22.5 Å². The summed E-state index contributed by atoms with van der Waals surface area (Å²) < 4.78 is 6.44. The molecule has 2 aromatic carbocycles. The summed E-state index contributed by atoms with van der Waals surface area (Å²) in [7, 11) is 0. The van der Waals surface area contributed by atoms with Gasteiger partial charge in [0.1, 0.15) is 13.2 Å². The van der Waals surface area contributed by atoms with Gasteiger partial charge in [0, 0.05) is 5.02 Å². The summed E-state index contributed by atoms with van der Waals surface area (Å²) in [6, 6.07) is 15.0. The zero-order valence-corrected chi connectivity index (χ0v) is 13.7. The Bertz CT molecular complexity index is 1040. The zero-order chi connectivity index (χ0) is 17.8. The van der Waals surface area contributed by atoms with E-state index in [4.69, 9.17) is 21.6 Å². The first-order chi connectivity index (χ1) is 12.1. The van der Waals surface area contributed by atoms with E-state index in [1.54, 1.807) is 48.5 Å². The highest BCUT2D eigenvalue weighted by Gasteiger charge is 2.13. The van der Waals surface area contributed by atoms with Crippen LogP contribution in [-0.2, 0) is 17.9 Å². The Labute approximate surface area is 147 Å². The van der Waals surface area contributed by atoms with Gasteiger partial charge in [0.15, 0.2) is 5.82 Å². The maximum Gasteiger partial charge on any atom is 0.338 e. The number of hydrogen-bond acceptors (Lipinski definition) is 5. The molecule has 25 heavy (non-hydrogen) atoms. The molecule has 0 aliphatic carbocycles. The van der Waals surface area contributed by atoms with E-state index in [9.17, 15) is 9.59 Å². The van der Waals surface area contributed by atoms with E-state index in [0.717, 1.165) is 0 Å². The second-order valence-electron chi connectivity index (χ2n) is 5.18. The Morgan fingerprint density at radius 3 is 2.64 bits per heavy atom. The van der Waals surface area contributed by atoms with Gasteiger partial charge in [0.2, 0.25) is 0 Å². The van der Waals surface area contributed by atoms with E-state index < -0.39 is 5.97 Å². The molecule has 3 rings (SSSR count). The summed E-state index contributed by atoms with van der Waals surface area (Å²) in [6.45, 7) is -0.395. The molecular weight excluding hydrogens is 342 g/mol. The van der Waals surface area contributed by atoms with Crippen molar-refractivity contribution >= 4 is 28.5 Å². The Balaban J connectivity index is 1.91. The molecule has 0 radical (unpaired) electrons. The highest BCUT2D eigenvalue weighted by Crippen LogP contribution is 2.12. The topological polar surface area (TPSA) is 85.0 Å². The lowest BCUT2D eigenvalue weighted by Gasteiger charge is -2.11. The minimum absolute atomic E-state index is 0.176. The highest BCUT2D eigenvalue weighted by atomic mass is 35.5. The second kappa shape index (κ2) is 7.16. The van der Waals surface area contributed by atoms with E-state index in [2.05, 4.69) is 4.98 Å². The average molecular weight is 354 g/mol. The normalized spacial score (nSPS) is 10.4. The van der Waals surface area contributed by atoms with Crippen LogP contribution in [-0.4, -0.2) is 15.5 Å². The van der Waals surface area contributed by atoms with Crippen LogP contribution in [0.2, 0.25) is 5.02 Å². The molecule has 0 amide bonds. The molecule has 0 aliphatic heterocycles. The maximum absolute atomic E-state index is 12.5. The molecule has 7 heteroatoms. The number of hydrogen-bond donors (Lipinski definition) is 0. The van der Waals surface area contributed by atoms with Gasteiger partial charge < -0.3 is 4.74 Å². The largest absolute Gasteiger partial charge is 0.454 e. The number of para-hydroxylation sites is 1. The Hall–Kier alpha value is -3.17. The fourth-order valence-electron chi connectivity index (χ4n) is 2.36. The summed E-state index contributed by atoms with van der Waals surface area (Å²) in [6.07, 6.45) is 0. The lowest BCUT2D eigenvalue weighted by molar-refractivity contribution is 0.0457. The van der Waals surface area contributed by atoms with Crippen molar-refractivity contribution < 1.29 is 9.53 Å². The molecule has 6 nitrogen and oxygen atoms in total. The first kappa shape index (κ1) is 16.7. The summed E-state index contributed by atoms with van der Waals surface area (Å²) >= 11 is 5.79. The van der Waals surface area contributed by atoms with Crippen LogP contribution in [0.5, 0.6) is 0 Å². The molecule has 3 aromatic rings. The standard InChI is InChI=1S/C18H12ClN3O3/c19-13-7-5-12(6-8-13)18(24)25-11-16-21-15-4-2-1-3-14(15)17(23)22(16)10-9-20/h1-8H,10-11H2. The van der Waals surface area contributed by atoms with Crippen molar-refractivity contribution in [1.29, 1.82) is 5.26 Å². The lowest BCUT2D eigenvalue weighted by atomic mass is 10.2. The van der Waals surface area contributed by atoms with Crippen LogP contribution in [0.15, 0.2) is 53.3 Å². The van der Waals surface area contributed by atoms with E-state index in [-0.39, 0.29) is 24.5 Å². The van der Waals surface area contributed by atoms with Crippen LogP contribution in [0.3, 0.4) is 0 Å². The molecular formula is C18H12ClN3O3. The Kier molecular flexibility index (Phi) is 4.78. The molecule has 1 aromatic heterocycles. The molecule has 0 N–H and O–H groups in total. The van der Waals surface area contributed by atoms with Crippen molar-refractivity contribution in [3.8, 4) is 6.07 Å². The quantitative estimate of drug-likeness (QED) is 0.673. The van der Waals surface area contributed by atoms with Gasteiger partial charge in [-0.05, 0) is 36.4 Å². The fraction of sp³-hybridized carbons (Fsp3) is 0.111. The maximum atomic E-state index is 12.5. The molecule has 0 fully saturated rings. The number of carbonyl (C=O) groups is 1. The van der Waals surface area contributed by atoms with Crippen molar-refractivity contribution in [1.82, 2.24) is 9.55 Å². The van der Waals surface area contributed by atoms with Gasteiger partial charge in [-0.2, -0.15) is 5.26 Å². The second-order valence-corrected chi connectivity index (χ2v) is 5.61. The van der Waals surface area contributed by atoms with Crippen molar-refractivity contribution in [2.45, 2.75) is 13.2 Å². The smallest absolute Gasteiger partial charge is 0.338 e.